The number of aromatic amines is 1. The number of nitrogens with one attached hydrogen (secondary N) is 3. The van der Waals surface area contributed by atoms with Gasteiger partial charge in [-0.15, -0.1) is 0 Å². The van der Waals surface area contributed by atoms with Gasteiger partial charge in [0.2, 0.25) is 21.8 Å². The van der Waals surface area contributed by atoms with Gasteiger partial charge in [-0.1, -0.05) is 12.1 Å². The number of hydrogen-bond acceptors (Lipinski definition) is 9. The van der Waals surface area contributed by atoms with E-state index >= 15 is 0 Å². The number of aliphatic carboxylic acids is 1. The van der Waals surface area contributed by atoms with Gasteiger partial charge in [0.1, 0.15) is 17.8 Å². The van der Waals surface area contributed by atoms with E-state index in [1.807, 2.05) is 0 Å². The summed E-state index contributed by atoms with van der Waals surface area (Å²) >= 11 is 4.15. The van der Waals surface area contributed by atoms with Gasteiger partial charge in [-0.25, -0.2) is 23.3 Å². The number of aromatic hydroxyl groups is 1. The molecule has 15 heteroatoms. The Kier molecular flexibility index (Phi) is 10.1. The van der Waals surface area contributed by atoms with Crippen LogP contribution in [-0.4, -0.2) is 75.5 Å². The molecule has 0 aliphatic rings. The van der Waals surface area contributed by atoms with Crippen molar-refractivity contribution in [3.05, 3.63) is 48.0 Å². The largest absolute Gasteiger partial charge is 0.508 e. The Morgan fingerprint density at radius 1 is 1.09 bits per heavy atom. The number of benzene rings is 1. The Morgan fingerprint density at radius 3 is 2.26 bits per heavy atom. The number of primary sulfonamides is 1. The van der Waals surface area contributed by atoms with Crippen molar-refractivity contribution in [2.45, 2.75) is 42.6 Å². The number of carbonyl (C=O) groups excluding carboxylic acids is 2. The highest BCUT2D eigenvalue weighted by molar-refractivity contribution is 7.89. The summed E-state index contributed by atoms with van der Waals surface area (Å²) in [7, 11) is -3.80. The highest BCUT2D eigenvalue weighted by Gasteiger charge is 2.30. The molecule has 13 nitrogen and oxygen atoms in total. The lowest BCUT2D eigenvalue weighted by Gasteiger charge is -2.24. The Balaban J connectivity index is 2.16. The fourth-order valence-electron chi connectivity index (χ4n) is 3.08. The number of H-pyrrole nitrogens is 1. The third kappa shape index (κ3) is 9.56. The van der Waals surface area contributed by atoms with Gasteiger partial charge in [0.25, 0.3) is 0 Å². The molecule has 9 N–H and O–H groups in total. The predicted octanol–water partition coefficient (Wildman–Crippen LogP) is -1.74. The summed E-state index contributed by atoms with van der Waals surface area (Å²) in [6.07, 6.45) is 2.54. The zero-order valence-corrected chi connectivity index (χ0v) is 20.2. The molecule has 1 heterocycles. The van der Waals surface area contributed by atoms with Gasteiger partial charge in [-0.05, 0) is 24.1 Å². The number of phenols is 1. The summed E-state index contributed by atoms with van der Waals surface area (Å²) in [5, 5.41) is 27.7. The van der Waals surface area contributed by atoms with Gasteiger partial charge in [0.15, 0.2) is 0 Å². The van der Waals surface area contributed by atoms with Gasteiger partial charge in [0.05, 0.1) is 17.3 Å². The second-order valence-electron chi connectivity index (χ2n) is 7.88. The smallest absolute Gasteiger partial charge is 0.326 e. The van der Waals surface area contributed by atoms with Crippen molar-refractivity contribution in [1.82, 2.24) is 20.6 Å². The number of hydrogen-bond donors (Lipinski definition) is 8. The zero-order chi connectivity index (χ0) is 26.2. The number of carboxylic acid groups (broad SMARTS) is 1. The average Bonchev–Trinajstić information content (AvgIpc) is 3.30. The van der Waals surface area contributed by atoms with Crippen molar-refractivity contribution in [3.8, 4) is 5.75 Å². The number of carbonyl (C=O) groups is 3. The van der Waals surface area contributed by atoms with Crippen LogP contribution in [0.5, 0.6) is 5.75 Å². The molecule has 0 saturated heterocycles. The highest BCUT2D eigenvalue weighted by atomic mass is 32.2. The summed E-state index contributed by atoms with van der Waals surface area (Å²) in [5.41, 5.74) is 6.92. The van der Waals surface area contributed by atoms with Crippen LogP contribution in [0, 0.1) is 0 Å². The molecule has 0 aliphatic carbocycles. The lowest BCUT2D eigenvalue weighted by Crippen LogP contribution is -2.55. The summed E-state index contributed by atoms with van der Waals surface area (Å²) in [6.45, 7) is 0. The molecule has 1 aromatic carbocycles. The molecule has 192 valence electrons. The quantitative estimate of drug-likeness (QED) is 0.138. The molecule has 1 aromatic heterocycles. The standard InChI is InChI=1S/C20H28N6O7S2/c21-14(5-6-35(22,32)33)17(34)19(29)25-15(7-11-1-3-13(27)4-2-11)18(28)26-16(20(30)31)8-12-9-23-10-24-12/h1-4,9-10,14-17,27,34H,5-8,21H2,(H,23,24)(H,25,29)(H,26,28)(H,30,31)(H2,22,32,33)/t14-,15-,16-,17-/m0/s1. The van der Waals surface area contributed by atoms with Crippen LogP contribution in [-0.2, 0) is 37.2 Å². The molecule has 0 aliphatic heterocycles. The Morgan fingerprint density at radius 2 is 1.71 bits per heavy atom. The molecule has 0 unspecified atom stereocenters. The van der Waals surface area contributed by atoms with E-state index in [1.54, 1.807) is 0 Å². The Hall–Kier alpha value is -3.14. The summed E-state index contributed by atoms with van der Waals surface area (Å²) < 4.78 is 22.3. The van der Waals surface area contributed by atoms with Crippen molar-refractivity contribution in [2.24, 2.45) is 10.9 Å². The maximum absolute atomic E-state index is 13.0. The van der Waals surface area contributed by atoms with E-state index in [9.17, 15) is 33.0 Å². The predicted molar refractivity (Wildman–Crippen MR) is 129 cm³/mol. The number of nitrogens with two attached hydrogens (primary N) is 2. The van der Waals surface area contributed by atoms with Crippen LogP contribution in [0.15, 0.2) is 36.8 Å². The molecule has 0 bridgehead atoms. The van der Waals surface area contributed by atoms with Crippen molar-refractivity contribution in [2.75, 3.05) is 5.75 Å². The van der Waals surface area contributed by atoms with Crippen LogP contribution in [0.3, 0.4) is 0 Å². The number of aromatic nitrogens is 2. The Labute approximate surface area is 207 Å². The lowest BCUT2D eigenvalue weighted by molar-refractivity contribution is -0.142. The maximum atomic E-state index is 13.0. The summed E-state index contributed by atoms with van der Waals surface area (Å²) in [5.74, 6) is -3.28. The lowest BCUT2D eigenvalue weighted by atomic mass is 10.0. The number of carboxylic acids is 1. The van der Waals surface area contributed by atoms with Crippen molar-refractivity contribution in [1.29, 1.82) is 0 Å². The van der Waals surface area contributed by atoms with Crippen molar-refractivity contribution >= 4 is 40.4 Å². The number of imidazole rings is 1. The first-order valence-corrected chi connectivity index (χ1v) is 12.6. The number of thiol groups is 1. The Bertz CT molecular complexity index is 1110. The second kappa shape index (κ2) is 12.5. The zero-order valence-electron chi connectivity index (χ0n) is 18.5. The number of sulfonamides is 1. The van der Waals surface area contributed by atoms with Gasteiger partial charge >= 0.3 is 5.97 Å². The highest BCUT2D eigenvalue weighted by Crippen LogP contribution is 2.13. The van der Waals surface area contributed by atoms with Crippen LogP contribution < -0.4 is 21.5 Å². The van der Waals surface area contributed by atoms with E-state index in [4.69, 9.17) is 10.9 Å². The van der Waals surface area contributed by atoms with Gasteiger partial charge in [0, 0.05) is 30.8 Å². The van der Waals surface area contributed by atoms with E-state index in [-0.39, 0.29) is 25.0 Å². The van der Waals surface area contributed by atoms with Crippen LogP contribution in [0.2, 0.25) is 0 Å². The summed E-state index contributed by atoms with van der Waals surface area (Å²) in [4.78, 5) is 44.0. The molecule has 0 fully saturated rings. The molecular formula is C20H28N6O7S2. The van der Waals surface area contributed by atoms with Gasteiger partial charge < -0.3 is 31.6 Å². The van der Waals surface area contributed by atoms with Crippen molar-refractivity contribution in [3.63, 3.8) is 0 Å². The minimum absolute atomic E-state index is 0.000498. The van der Waals surface area contributed by atoms with Crippen LogP contribution >= 0.6 is 12.6 Å². The fourth-order valence-corrected chi connectivity index (χ4v) is 3.90. The molecular weight excluding hydrogens is 500 g/mol. The molecule has 2 rings (SSSR count). The molecule has 2 aromatic rings. The van der Waals surface area contributed by atoms with E-state index < -0.39 is 56.9 Å². The van der Waals surface area contributed by atoms with Gasteiger partial charge in [-0.3, -0.25) is 9.59 Å². The third-order valence-corrected chi connectivity index (χ3v) is 6.43. The van der Waals surface area contributed by atoms with Gasteiger partial charge in [-0.2, -0.15) is 12.6 Å². The van der Waals surface area contributed by atoms with E-state index in [1.165, 1.54) is 36.8 Å². The van der Waals surface area contributed by atoms with E-state index in [0.717, 1.165) is 0 Å². The first-order valence-electron chi connectivity index (χ1n) is 10.4. The summed E-state index contributed by atoms with van der Waals surface area (Å²) in [6, 6.07) is 2.35. The fraction of sp³-hybridized carbons (Fsp3) is 0.400. The third-order valence-electron chi connectivity index (χ3n) is 5.01. The van der Waals surface area contributed by atoms with Crippen LogP contribution in [0.4, 0.5) is 0 Å². The van der Waals surface area contributed by atoms with Crippen molar-refractivity contribution < 1.29 is 33.0 Å². The normalized spacial score (nSPS) is 14.9. The minimum atomic E-state index is -3.80. The second-order valence-corrected chi connectivity index (χ2v) is 10.2. The van der Waals surface area contributed by atoms with E-state index in [2.05, 4.69) is 33.2 Å². The molecule has 0 radical (unpaired) electrons. The van der Waals surface area contributed by atoms with Crippen LogP contribution in [0.25, 0.3) is 0 Å². The number of amides is 2. The maximum Gasteiger partial charge on any atom is 0.326 e. The first kappa shape index (κ1) is 28.1. The topological polar surface area (TPSA) is 231 Å². The first-order chi connectivity index (χ1) is 16.4. The monoisotopic (exact) mass is 528 g/mol. The molecule has 0 saturated carbocycles. The molecule has 0 spiro atoms. The number of phenolic OH excluding ortho intramolecular Hbond substituents is 1. The minimum Gasteiger partial charge on any atom is -0.508 e. The molecule has 35 heavy (non-hydrogen) atoms. The number of rotatable bonds is 13. The SMILES string of the molecule is N[C@@H](CCS(N)(=O)=O)[C@H](S)C(=O)N[C@@H](Cc1ccc(O)cc1)C(=O)N[C@@H](Cc1cnc[nH]1)C(=O)O. The average molecular weight is 529 g/mol. The molecule has 4 atom stereocenters. The van der Waals surface area contributed by atoms with Crippen LogP contribution in [0.1, 0.15) is 17.7 Å². The van der Waals surface area contributed by atoms with E-state index in [0.29, 0.717) is 11.3 Å². The number of nitrogens with zero attached hydrogens (tertiary/aromatic N) is 1. The molecule has 2 amide bonds.